The summed E-state index contributed by atoms with van der Waals surface area (Å²) in [5.74, 6) is 0.136. The minimum absolute atomic E-state index is 0.000833. The molecule has 0 atom stereocenters. The van der Waals surface area contributed by atoms with E-state index in [1.54, 1.807) is 6.92 Å². The first-order chi connectivity index (χ1) is 11.8. The molecule has 2 aromatic rings. The largest absolute Gasteiger partial charge is 0.436 e. The number of alkyl halides is 3. The average molecular weight is 366 g/mol. The summed E-state index contributed by atoms with van der Waals surface area (Å²) in [6, 6.07) is 7.98. The highest BCUT2D eigenvalue weighted by Gasteiger charge is 2.39. The third kappa shape index (κ3) is 4.13. The summed E-state index contributed by atoms with van der Waals surface area (Å²) in [6.07, 6.45) is -4.66. The lowest BCUT2D eigenvalue weighted by Crippen LogP contribution is -2.08. The quantitative estimate of drug-likeness (QED) is 0.877. The average Bonchev–Trinajstić information content (AvgIpc) is 2.92. The molecule has 0 bridgehead atoms. The summed E-state index contributed by atoms with van der Waals surface area (Å²) in [4.78, 5) is 3.99. The molecule has 0 saturated heterocycles. The summed E-state index contributed by atoms with van der Waals surface area (Å²) in [5.41, 5.74) is -0.662. The smallest absolute Gasteiger partial charge is 0.396 e. The fourth-order valence-corrected chi connectivity index (χ4v) is 3.48. The minimum Gasteiger partial charge on any atom is -0.396 e. The molecule has 0 saturated carbocycles. The summed E-state index contributed by atoms with van der Waals surface area (Å²) in [6.45, 7) is 1.60. The molecular formula is C16H13F3N4OS. The van der Waals surface area contributed by atoms with Crippen LogP contribution in [0.1, 0.15) is 29.6 Å². The Morgan fingerprint density at radius 3 is 2.24 bits per heavy atom. The van der Waals surface area contributed by atoms with E-state index in [-0.39, 0.29) is 41.5 Å². The Balaban J connectivity index is 2.59. The SMILES string of the molecule is CCn1c(CCO)nc(C(F)(F)F)c1Sc1cc(C#N)cc(C#N)c1. The van der Waals surface area contributed by atoms with E-state index >= 15 is 0 Å². The molecule has 2 rings (SSSR count). The Morgan fingerprint density at radius 2 is 1.80 bits per heavy atom. The third-order valence-corrected chi connectivity index (χ3v) is 4.38. The lowest BCUT2D eigenvalue weighted by atomic mass is 10.1. The molecule has 1 aromatic heterocycles. The predicted molar refractivity (Wildman–Crippen MR) is 83.7 cm³/mol. The Morgan fingerprint density at radius 1 is 1.20 bits per heavy atom. The van der Waals surface area contributed by atoms with Crippen molar-refractivity contribution in [1.82, 2.24) is 9.55 Å². The molecule has 5 nitrogen and oxygen atoms in total. The number of nitriles is 2. The van der Waals surface area contributed by atoms with Crippen LogP contribution in [0.4, 0.5) is 13.2 Å². The Bertz CT molecular complexity index is 830. The molecule has 130 valence electrons. The lowest BCUT2D eigenvalue weighted by molar-refractivity contribution is -0.143. The number of aliphatic hydroxyl groups is 1. The van der Waals surface area contributed by atoms with E-state index in [9.17, 15) is 13.2 Å². The van der Waals surface area contributed by atoms with Gasteiger partial charge in [-0.1, -0.05) is 11.8 Å². The van der Waals surface area contributed by atoms with Crippen molar-refractivity contribution in [3.8, 4) is 12.1 Å². The van der Waals surface area contributed by atoms with Gasteiger partial charge in [0.25, 0.3) is 0 Å². The zero-order valence-corrected chi connectivity index (χ0v) is 13.9. The van der Waals surface area contributed by atoms with Crippen molar-refractivity contribution in [2.75, 3.05) is 6.61 Å². The number of hydrogen-bond donors (Lipinski definition) is 1. The van der Waals surface area contributed by atoms with Crippen molar-refractivity contribution in [2.45, 2.75) is 36.0 Å². The van der Waals surface area contributed by atoms with Gasteiger partial charge in [0.1, 0.15) is 10.9 Å². The van der Waals surface area contributed by atoms with E-state index < -0.39 is 11.9 Å². The van der Waals surface area contributed by atoms with E-state index in [2.05, 4.69) is 4.98 Å². The van der Waals surface area contributed by atoms with Crippen LogP contribution in [0.3, 0.4) is 0 Å². The highest BCUT2D eigenvalue weighted by Crippen LogP contribution is 2.40. The predicted octanol–water partition coefficient (Wildman–Crippen LogP) is 3.35. The summed E-state index contributed by atoms with van der Waals surface area (Å²) >= 11 is 0.795. The maximum absolute atomic E-state index is 13.4. The second kappa shape index (κ2) is 7.60. The fourth-order valence-electron chi connectivity index (χ4n) is 2.29. The van der Waals surface area contributed by atoms with Crippen molar-refractivity contribution in [1.29, 1.82) is 10.5 Å². The Kier molecular flexibility index (Phi) is 5.73. The molecular weight excluding hydrogens is 353 g/mol. The number of aromatic nitrogens is 2. The van der Waals surface area contributed by atoms with Crippen LogP contribution in [-0.2, 0) is 19.1 Å². The molecule has 0 aliphatic heterocycles. The molecule has 0 aliphatic carbocycles. The highest BCUT2D eigenvalue weighted by atomic mass is 32.2. The molecule has 1 heterocycles. The maximum Gasteiger partial charge on any atom is 0.436 e. The Hall–Kier alpha value is -2.49. The van der Waals surface area contributed by atoms with Gasteiger partial charge < -0.3 is 9.67 Å². The zero-order chi connectivity index (χ0) is 18.6. The van der Waals surface area contributed by atoms with Crippen molar-refractivity contribution in [2.24, 2.45) is 0 Å². The van der Waals surface area contributed by atoms with Gasteiger partial charge >= 0.3 is 6.18 Å². The van der Waals surface area contributed by atoms with Crippen molar-refractivity contribution in [3.63, 3.8) is 0 Å². The lowest BCUT2D eigenvalue weighted by Gasteiger charge is -2.11. The molecule has 0 unspecified atom stereocenters. The Labute approximate surface area is 146 Å². The standard InChI is InChI=1S/C16H13F3N4OS/c1-2-23-13(3-4-24)22-14(16(17,18)19)15(23)25-12-6-10(8-20)5-11(7-12)9-21/h5-7,24H,2-4H2,1H3. The summed E-state index contributed by atoms with van der Waals surface area (Å²) in [7, 11) is 0. The van der Waals surface area contributed by atoms with Gasteiger partial charge in [0.05, 0.1) is 29.9 Å². The van der Waals surface area contributed by atoms with Crippen LogP contribution in [0.5, 0.6) is 0 Å². The van der Waals surface area contributed by atoms with Gasteiger partial charge in [0, 0.05) is 17.9 Å². The number of imidazole rings is 1. The monoisotopic (exact) mass is 366 g/mol. The van der Waals surface area contributed by atoms with Crippen LogP contribution in [-0.4, -0.2) is 21.3 Å². The number of aliphatic hydroxyl groups excluding tert-OH is 1. The molecule has 0 radical (unpaired) electrons. The molecule has 0 spiro atoms. The van der Waals surface area contributed by atoms with E-state index in [0.717, 1.165) is 11.8 Å². The highest BCUT2D eigenvalue weighted by molar-refractivity contribution is 7.99. The number of hydrogen-bond acceptors (Lipinski definition) is 5. The number of rotatable bonds is 5. The molecule has 1 aromatic carbocycles. The summed E-state index contributed by atoms with van der Waals surface area (Å²) in [5, 5.41) is 27.0. The van der Waals surface area contributed by atoms with Gasteiger partial charge in [0.15, 0.2) is 5.69 Å². The van der Waals surface area contributed by atoms with Crippen LogP contribution in [0, 0.1) is 22.7 Å². The number of halogens is 3. The molecule has 0 amide bonds. The number of benzene rings is 1. The van der Waals surface area contributed by atoms with Crippen molar-refractivity contribution in [3.05, 3.63) is 40.8 Å². The van der Waals surface area contributed by atoms with Crippen LogP contribution in [0.15, 0.2) is 28.1 Å². The normalized spacial score (nSPS) is 11.2. The van der Waals surface area contributed by atoms with E-state index in [4.69, 9.17) is 15.6 Å². The van der Waals surface area contributed by atoms with Gasteiger partial charge in [-0.3, -0.25) is 0 Å². The first-order valence-corrected chi connectivity index (χ1v) is 8.06. The van der Waals surface area contributed by atoms with Crippen molar-refractivity contribution >= 4 is 11.8 Å². The van der Waals surface area contributed by atoms with Gasteiger partial charge in [0.2, 0.25) is 0 Å². The van der Waals surface area contributed by atoms with Crippen LogP contribution in [0.2, 0.25) is 0 Å². The molecule has 0 aliphatic rings. The molecule has 0 fully saturated rings. The second-order valence-corrected chi connectivity index (χ2v) is 6.03. The molecule has 1 N–H and O–H groups in total. The van der Waals surface area contributed by atoms with Gasteiger partial charge in [-0.25, -0.2) is 4.98 Å². The third-order valence-electron chi connectivity index (χ3n) is 3.30. The molecule has 9 heteroatoms. The van der Waals surface area contributed by atoms with Crippen LogP contribution < -0.4 is 0 Å². The molecule has 25 heavy (non-hydrogen) atoms. The summed E-state index contributed by atoms with van der Waals surface area (Å²) < 4.78 is 41.5. The van der Waals surface area contributed by atoms with E-state index in [1.165, 1.54) is 22.8 Å². The second-order valence-electron chi connectivity index (χ2n) is 4.97. The first kappa shape index (κ1) is 18.8. The van der Waals surface area contributed by atoms with Crippen molar-refractivity contribution < 1.29 is 18.3 Å². The topological polar surface area (TPSA) is 85.6 Å². The van der Waals surface area contributed by atoms with Gasteiger partial charge in [-0.15, -0.1) is 0 Å². The zero-order valence-electron chi connectivity index (χ0n) is 13.1. The van der Waals surface area contributed by atoms with Gasteiger partial charge in [-0.05, 0) is 25.1 Å². The minimum atomic E-state index is -4.65. The maximum atomic E-state index is 13.4. The van der Waals surface area contributed by atoms with E-state index in [0.29, 0.717) is 4.90 Å². The fraction of sp³-hybridized carbons (Fsp3) is 0.312. The number of nitrogens with zero attached hydrogens (tertiary/aromatic N) is 4. The van der Waals surface area contributed by atoms with Crippen LogP contribution >= 0.6 is 11.8 Å². The first-order valence-electron chi connectivity index (χ1n) is 7.24. The van der Waals surface area contributed by atoms with Crippen LogP contribution in [0.25, 0.3) is 0 Å². The van der Waals surface area contributed by atoms with Gasteiger partial charge in [-0.2, -0.15) is 23.7 Å². The van der Waals surface area contributed by atoms with E-state index in [1.807, 2.05) is 12.1 Å².